The monoisotopic (exact) mass is 347 g/mol. The predicted octanol–water partition coefficient (Wildman–Crippen LogP) is 3.74. The molecule has 0 saturated carbocycles. The summed E-state index contributed by atoms with van der Waals surface area (Å²) in [4.78, 5) is -0.306. The molecule has 0 saturated heterocycles. The highest BCUT2D eigenvalue weighted by molar-refractivity contribution is 7.92. The lowest BCUT2D eigenvalue weighted by Gasteiger charge is -2.13. The molecule has 2 aromatic rings. The van der Waals surface area contributed by atoms with Crippen LogP contribution in [0.3, 0.4) is 0 Å². The topological polar surface area (TPSA) is 55.4 Å². The maximum Gasteiger partial charge on any atom is 0.263 e. The van der Waals surface area contributed by atoms with Crippen molar-refractivity contribution in [3.05, 3.63) is 52.6 Å². The Morgan fingerprint density at radius 3 is 2.50 bits per heavy atom. The first-order valence-electron chi connectivity index (χ1n) is 6.06. The Morgan fingerprint density at radius 1 is 1.18 bits per heavy atom. The van der Waals surface area contributed by atoms with E-state index in [1.807, 2.05) is 0 Å². The highest BCUT2D eigenvalue weighted by Crippen LogP contribution is 2.30. The summed E-state index contributed by atoms with van der Waals surface area (Å²) in [5, 5.41) is -0.272. The molecule has 0 aliphatic carbocycles. The van der Waals surface area contributed by atoms with Gasteiger partial charge < -0.3 is 4.74 Å². The number of hydrogen-bond acceptors (Lipinski definition) is 3. The minimum absolute atomic E-state index is 0.0828. The van der Waals surface area contributed by atoms with Crippen molar-refractivity contribution in [2.75, 3.05) is 11.8 Å². The van der Waals surface area contributed by atoms with E-state index in [-0.39, 0.29) is 26.9 Å². The smallest absolute Gasteiger partial charge is 0.263 e. The second-order valence-electron chi connectivity index (χ2n) is 4.48. The molecule has 4 nitrogen and oxygen atoms in total. The molecule has 0 atom stereocenters. The minimum atomic E-state index is -4.13. The molecule has 0 aliphatic heterocycles. The van der Waals surface area contributed by atoms with Gasteiger partial charge >= 0.3 is 0 Å². The van der Waals surface area contributed by atoms with Gasteiger partial charge in [-0.15, -0.1) is 0 Å². The van der Waals surface area contributed by atoms with E-state index in [1.165, 1.54) is 20.1 Å². The van der Waals surface area contributed by atoms with Gasteiger partial charge in [0.1, 0.15) is 22.3 Å². The van der Waals surface area contributed by atoms with Gasteiger partial charge in [0.05, 0.1) is 17.8 Å². The van der Waals surface area contributed by atoms with Gasteiger partial charge in [-0.25, -0.2) is 17.2 Å². The molecular formula is C14H12ClF2NO3S. The summed E-state index contributed by atoms with van der Waals surface area (Å²) >= 11 is 5.79. The number of hydrogen-bond donors (Lipinski definition) is 1. The van der Waals surface area contributed by atoms with Gasteiger partial charge in [-0.2, -0.15) is 0 Å². The molecule has 0 unspecified atom stereocenters. The van der Waals surface area contributed by atoms with Gasteiger partial charge in [0.15, 0.2) is 0 Å². The third-order valence-electron chi connectivity index (χ3n) is 2.91. The lowest BCUT2D eigenvalue weighted by Crippen LogP contribution is -2.15. The Labute approximate surface area is 131 Å². The fourth-order valence-corrected chi connectivity index (χ4v) is 3.46. The number of aryl methyl sites for hydroxylation is 1. The summed E-state index contributed by atoms with van der Waals surface area (Å²) in [6, 6.07) is 5.40. The number of nitrogens with one attached hydrogen (secondary N) is 1. The zero-order chi connectivity index (χ0) is 16.5. The van der Waals surface area contributed by atoms with E-state index in [2.05, 4.69) is 4.72 Å². The van der Waals surface area contributed by atoms with Gasteiger partial charge in [0.25, 0.3) is 10.0 Å². The first kappa shape index (κ1) is 16.5. The highest BCUT2D eigenvalue weighted by atomic mass is 35.5. The molecule has 0 fully saturated rings. The lowest BCUT2D eigenvalue weighted by atomic mass is 10.2. The van der Waals surface area contributed by atoms with Crippen LogP contribution in [0.4, 0.5) is 14.5 Å². The largest absolute Gasteiger partial charge is 0.495 e. The van der Waals surface area contributed by atoms with Crippen molar-refractivity contribution in [3.8, 4) is 5.75 Å². The molecule has 0 aromatic heterocycles. The van der Waals surface area contributed by atoms with Crippen molar-refractivity contribution >= 4 is 27.3 Å². The third-order valence-corrected chi connectivity index (χ3v) is 4.74. The Balaban J connectivity index is 2.49. The molecule has 0 aliphatic rings. The molecule has 0 radical (unpaired) electrons. The average molecular weight is 348 g/mol. The van der Waals surface area contributed by atoms with Gasteiger partial charge in [-0.1, -0.05) is 11.6 Å². The van der Waals surface area contributed by atoms with Crippen LogP contribution < -0.4 is 9.46 Å². The van der Waals surface area contributed by atoms with E-state index in [0.29, 0.717) is 0 Å². The number of rotatable bonds is 4. The van der Waals surface area contributed by atoms with Gasteiger partial charge in [-0.3, -0.25) is 4.72 Å². The van der Waals surface area contributed by atoms with Crippen molar-refractivity contribution in [1.29, 1.82) is 0 Å². The van der Waals surface area contributed by atoms with Crippen LogP contribution in [0.2, 0.25) is 5.02 Å². The number of benzene rings is 2. The first-order chi connectivity index (χ1) is 10.2. The Hall–Kier alpha value is -1.86. The normalized spacial score (nSPS) is 11.3. The highest BCUT2D eigenvalue weighted by Gasteiger charge is 2.21. The second kappa shape index (κ2) is 6.10. The van der Waals surface area contributed by atoms with Gasteiger partial charge in [-0.05, 0) is 36.8 Å². The number of halogens is 3. The quantitative estimate of drug-likeness (QED) is 0.916. The fourth-order valence-electron chi connectivity index (χ4n) is 1.80. The lowest BCUT2D eigenvalue weighted by molar-refractivity contribution is 0.416. The Kier molecular flexibility index (Phi) is 4.58. The summed E-state index contributed by atoms with van der Waals surface area (Å²) in [7, 11) is -2.81. The summed E-state index contributed by atoms with van der Waals surface area (Å²) in [5.41, 5.74) is 0.0385. The second-order valence-corrected chi connectivity index (χ2v) is 6.54. The van der Waals surface area contributed by atoms with Crippen LogP contribution in [-0.2, 0) is 10.0 Å². The summed E-state index contributed by atoms with van der Waals surface area (Å²) < 4.78 is 58.6. The van der Waals surface area contributed by atoms with Gasteiger partial charge in [0.2, 0.25) is 0 Å². The molecular weight excluding hydrogens is 336 g/mol. The molecule has 0 spiro atoms. The van der Waals surface area contributed by atoms with Crippen LogP contribution in [0.15, 0.2) is 35.2 Å². The summed E-state index contributed by atoms with van der Waals surface area (Å²) in [6.07, 6.45) is 0. The molecule has 2 aromatic carbocycles. The van der Waals surface area contributed by atoms with E-state index >= 15 is 0 Å². The maximum atomic E-state index is 13.4. The SMILES string of the molecule is COc1ccc(F)cc1NS(=O)(=O)c1cc(C)c(F)cc1Cl. The minimum Gasteiger partial charge on any atom is -0.495 e. The maximum absolute atomic E-state index is 13.4. The van der Waals surface area contributed by atoms with Crippen molar-refractivity contribution in [3.63, 3.8) is 0 Å². The zero-order valence-electron chi connectivity index (χ0n) is 11.7. The molecule has 1 N–H and O–H groups in total. The van der Waals surface area contributed by atoms with Crippen molar-refractivity contribution in [2.24, 2.45) is 0 Å². The Bertz CT molecular complexity index is 825. The molecule has 0 amide bonds. The summed E-state index contributed by atoms with van der Waals surface area (Å²) in [5.74, 6) is -1.12. The van der Waals surface area contributed by atoms with E-state index in [1.54, 1.807) is 0 Å². The van der Waals surface area contributed by atoms with Crippen LogP contribution in [0, 0.1) is 18.6 Å². The van der Waals surface area contributed by atoms with E-state index in [0.717, 1.165) is 24.3 Å². The van der Waals surface area contributed by atoms with Crippen LogP contribution in [-0.4, -0.2) is 15.5 Å². The third kappa shape index (κ3) is 3.31. The molecule has 0 heterocycles. The summed E-state index contributed by atoms with van der Waals surface area (Å²) in [6.45, 7) is 1.41. The first-order valence-corrected chi connectivity index (χ1v) is 7.92. The van der Waals surface area contributed by atoms with Crippen molar-refractivity contribution in [1.82, 2.24) is 0 Å². The standard InChI is InChI=1S/C14H12ClF2NO3S/c1-8-5-14(10(15)7-11(8)17)22(19,20)18-12-6-9(16)3-4-13(12)21-2/h3-7,18H,1-2H3. The number of methoxy groups -OCH3 is 1. The van der Waals surface area contributed by atoms with E-state index < -0.39 is 21.7 Å². The van der Waals surface area contributed by atoms with Crippen LogP contribution in [0.1, 0.15) is 5.56 Å². The molecule has 118 valence electrons. The average Bonchev–Trinajstić information content (AvgIpc) is 2.42. The van der Waals surface area contributed by atoms with Crippen LogP contribution >= 0.6 is 11.6 Å². The number of ether oxygens (including phenoxy) is 1. The fraction of sp³-hybridized carbons (Fsp3) is 0.143. The van der Waals surface area contributed by atoms with Crippen molar-refractivity contribution < 1.29 is 21.9 Å². The van der Waals surface area contributed by atoms with Crippen LogP contribution in [0.5, 0.6) is 5.75 Å². The predicted molar refractivity (Wildman–Crippen MR) is 79.9 cm³/mol. The Morgan fingerprint density at radius 2 is 1.86 bits per heavy atom. The molecule has 0 bridgehead atoms. The molecule has 8 heteroatoms. The van der Waals surface area contributed by atoms with Crippen molar-refractivity contribution in [2.45, 2.75) is 11.8 Å². The van der Waals surface area contributed by atoms with Crippen LogP contribution in [0.25, 0.3) is 0 Å². The number of anilines is 1. The van der Waals surface area contributed by atoms with E-state index in [9.17, 15) is 17.2 Å². The molecule has 2 rings (SSSR count). The number of sulfonamides is 1. The molecule has 22 heavy (non-hydrogen) atoms. The zero-order valence-corrected chi connectivity index (χ0v) is 13.2. The van der Waals surface area contributed by atoms with E-state index in [4.69, 9.17) is 16.3 Å². The van der Waals surface area contributed by atoms with Gasteiger partial charge in [0, 0.05) is 6.07 Å².